The lowest BCUT2D eigenvalue weighted by molar-refractivity contribution is -0.139. The number of carbonyl (C=O) groups excluding carboxylic acids is 3. The number of primary amides is 1. The van der Waals surface area contributed by atoms with Gasteiger partial charge in [0.15, 0.2) is 0 Å². The SMILES string of the molecule is Cc1cc(C(=O)NCCC2CC(NC(=O)C3CCC3C(N)=O)C2)n[nH]1. The van der Waals surface area contributed by atoms with E-state index in [9.17, 15) is 14.4 Å². The molecule has 3 rings (SSSR count). The predicted molar refractivity (Wildman–Crippen MR) is 90.3 cm³/mol. The van der Waals surface area contributed by atoms with Gasteiger partial charge < -0.3 is 16.4 Å². The lowest BCUT2D eigenvalue weighted by Crippen LogP contribution is -2.52. The first-order valence-electron chi connectivity index (χ1n) is 8.84. The van der Waals surface area contributed by atoms with Gasteiger partial charge >= 0.3 is 0 Å². The predicted octanol–water partition coefficient (Wildman–Crippen LogP) is 0.244. The van der Waals surface area contributed by atoms with Crippen molar-refractivity contribution in [3.63, 3.8) is 0 Å². The quantitative estimate of drug-likeness (QED) is 0.563. The number of nitrogens with one attached hydrogen (secondary N) is 3. The molecule has 136 valence electrons. The van der Waals surface area contributed by atoms with E-state index in [4.69, 9.17) is 5.73 Å². The molecule has 2 aliphatic carbocycles. The summed E-state index contributed by atoms with van der Waals surface area (Å²) in [6, 6.07) is 1.89. The summed E-state index contributed by atoms with van der Waals surface area (Å²) >= 11 is 0. The molecular formula is C17H25N5O3. The third-order valence-corrected chi connectivity index (χ3v) is 5.34. The Kier molecular flexibility index (Phi) is 5.06. The smallest absolute Gasteiger partial charge is 0.271 e. The summed E-state index contributed by atoms with van der Waals surface area (Å²) in [7, 11) is 0. The molecule has 0 spiro atoms. The molecule has 8 heteroatoms. The molecule has 0 aliphatic heterocycles. The number of amides is 3. The maximum Gasteiger partial charge on any atom is 0.271 e. The minimum Gasteiger partial charge on any atom is -0.369 e. The van der Waals surface area contributed by atoms with E-state index in [2.05, 4.69) is 20.8 Å². The van der Waals surface area contributed by atoms with E-state index >= 15 is 0 Å². The monoisotopic (exact) mass is 347 g/mol. The lowest BCUT2D eigenvalue weighted by Gasteiger charge is -2.39. The Hall–Kier alpha value is -2.38. The number of H-pyrrole nitrogens is 1. The van der Waals surface area contributed by atoms with Gasteiger partial charge in [0.25, 0.3) is 5.91 Å². The highest BCUT2D eigenvalue weighted by Crippen LogP contribution is 2.36. The van der Waals surface area contributed by atoms with Crippen LogP contribution in [0.25, 0.3) is 0 Å². The molecule has 2 atom stereocenters. The van der Waals surface area contributed by atoms with E-state index in [1.807, 2.05) is 6.92 Å². The van der Waals surface area contributed by atoms with Crippen molar-refractivity contribution in [1.82, 2.24) is 20.8 Å². The van der Waals surface area contributed by atoms with Crippen LogP contribution in [-0.2, 0) is 9.59 Å². The van der Waals surface area contributed by atoms with Gasteiger partial charge in [0.1, 0.15) is 5.69 Å². The van der Waals surface area contributed by atoms with Gasteiger partial charge in [-0.05, 0) is 51.0 Å². The summed E-state index contributed by atoms with van der Waals surface area (Å²) in [5, 5.41) is 12.5. The summed E-state index contributed by atoms with van der Waals surface area (Å²) < 4.78 is 0. The normalized spacial score (nSPS) is 27.7. The van der Waals surface area contributed by atoms with Crippen molar-refractivity contribution in [2.75, 3.05) is 6.54 Å². The molecule has 2 aliphatic rings. The minimum absolute atomic E-state index is 0.0410. The second-order valence-electron chi connectivity index (χ2n) is 7.22. The molecule has 8 nitrogen and oxygen atoms in total. The molecule has 2 unspecified atom stereocenters. The molecular weight excluding hydrogens is 322 g/mol. The third-order valence-electron chi connectivity index (χ3n) is 5.34. The molecule has 3 amide bonds. The fourth-order valence-electron chi connectivity index (χ4n) is 3.57. The van der Waals surface area contributed by atoms with Crippen LogP contribution in [0.4, 0.5) is 0 Å². The largest absolute Gasteiger partial charge is 0.369 e. The molecule has 5 N–H and O–H groups in total. The molecule has 1 aromatic heterocycles. The fourth-order valence-corrected chi connectivity index (χ4v) is 3.57. The van der Waals surface area contributed by atoms with Gasteiger partial charge in [0.05, 0.1) is 0 Å². The number of carbonyl (C=O) groups is 3. The van der Waals surface area contributed by atoms with Crippen LogP contribution in [0.3, 0.4) is 0 Å². The Morgan fingerprint density at radius 1 is 1.28 bits per heavy atom. The number of hydrogen-bond acceptors (Lipinski definition) is 4. The second kappa shape index (κ2) is 7.25. The van der Waals surface area contributed by atoms with E-state index in [-0.39, 0.29) is 35.6 Å². The Balaban J connectivity index is 1.30. The van der Waals surface area contributed by atoms with Crippen molar-refractivity contribution in [1.29, 1.82) is 0 Å². The first kappa shape index (κ1) is 17.4. The minimum atomic E-state index is -0.374. The molecule has 0 aromatic carbocycles. The van der Waals surface area contributed by atoms with E-state index in [0.717, 1.165) is 37.8 Å². The van der Waals surface area contributed by atoms with E-state index in [0.29, 0.717) is 18.2 Å². The highest BCUT2D eigenvalue weighted by Gasteiger charge is 2.41. The number of aromatic nitrogens is 2. The Bertz CT molecular complexity index is 665. The van der Waals surface area contributed by atoms with Gasteiger partial charge in [-0.15, -0.1) is 0 Å². The number of aromatic amines is 1. The zero-order valence-electron chi connectivity index (χ0n) is 14.4. The molecule has 1 heterocycles. The van der Waals surface area contributed by atoms with Gasteiger partial charge in [0, 0.05) is 30.1 Å². The van der Waals surface area contributed by atoms with Gasteiger partial charge in [-0.2, -0.15) is 5.10 Å². The van der Waals surface area contributed by atoms with Crippen LogP contribution < -0.4 is 16.4 Å². The highest BCUT2D eigenvalue weighted by molar-refractivity contribution is 5.92. The van der Waals surface area contributed by atoms with Gasteiger partial charge in [-0.3, -0.25) is 19.5 Å². The second-order valence-corrected chi connectivity index (χ2v) is 7.22. The molecule has 25 heavy (non-hydrogen) atoms. The molecule has 1 aromatic rings. The molecule has 2 fully saturated rings. The first-order chi connectivity index (χ1) is 11.9. The van der Waals surface area contributed by atoms with Gasteiger partial charge in [-0.25, -0.2) is 0 Å². The van der Waals surface area contributed by atoms with Crippen LogP contribution in [0.5, 0.6) is 0 Å². The van der Waals surface area contributed by atoms with Crippen molar-refractivity contribution >= 4 is 17.7 Å². The van der Waals surface area contributed by atoms with Crippen LogP contribution in [0.1, 0.15) is 48.3 Å². The van der Waals surface area contributed by atoms with Crippen molar-refractivity contribution in [2.24, 2.45) is 23.5 Å². The number of aryl methyl sites for hydroxylation is 1. The maximum atomic E-state index is 12.1. The zero-order valence-corrected chi connectivity index (χ0v) is 14.4. The molecule has 0 bridgehead atoms. The number of hydrogen-bond donors (Lipinski definition) is 4. The van der Waals surface area contributed by atoms with Crippen molar-refractivity contribution in [2.45, 2.75) is 45.1 Å². The number of nitrogens with zero attached hydrogens (tertiary/aromatic N) is 1. The van der Waals surface area contributed by atoms with Gasteiger partial charge in [-0.1, -0.05) is 0 Å². The van der Waals surface area contributed by atoms with Crippen LogP contribution in [0.2, 0.25) is 0 Å². The topological polar surface area (TPSA) is 130 Å². The summed E-state index contributed by atoms with van der Waals surface area (Å²) in [4.78, 5) is 35.2. The van der Waals surface area contributed by atoms with E-state index in [1.165, 1.54) is 0 Å². The summed E-state index contributed by atoms with van der Waals surface area (Å²) in [6.45, 7) is 2.45. The van der Waals surface area contributed by atoms with Gasteiger partial charge in [0.2, 0.25) is 11.8 Å². The third kappa shape index (κ3) is 4.00. The zero-order chi connectivity index (χ0) is 18.0. The standard InChI is InChI=1S/C17H25N5O3/c1-9-6-14(22-21-9)17(25)19-5-4-10-7-11(8-10)20-16(24)13-3-2-12(13)15(18)23/h6,10-13H,2-5,7-8H2,1H3,(H2,18,23)(H,19,25)(H,20,24)(H,21,22). The molecule has 0 radical (unpaired) electrons. The fraction of sp³-hybridized carbons (Fsp3) is 0.647. The van der Waals surface area contributed by atoms with Crippen LogP contribution >= 0.6 is 0 Å². The molecule has 2 saturated carbocycles. The highest BCUT2D eigenvalue weighted by atomic mass is 16.2. The average Bonchev–Trinajstić information content (AvgIpc) is 2.89. The average molecular weight is 347 g/mol. The van der Waals surface area contributed by atoms with E-state index < -0.39 is 0 Å². The summed E-state index contributed by atoms with van der Waals surface area (Å²) in [5.41, 5.74) is 6.55. The van der Waals surface area contributed by atoms with Crippen LogP contribution in [-0.4, -0.2) is 40.5 Å². The number of nitrogens with two attached hydrogens (primary N) is 1. The molecule has 0 saturated heterocycles. The Morgan fingerprint density at radius 3 is 2.56 bits per heavy atom. The summed E-state index contributed by atoms with van der Waals surface area (Å²) in [5.74, 6) is -0.623. The van der Waals surface area contributed by atoms with E-state index in [1.54, 1.807) is 6.07 Å². The lowest BCUT2D eigenvalue weighted by atomic mass is 9.71. The first-order valence-corrected chi connectivity index (χ1v) is 8.84. The van der Waals surface area contributed by atoms with Crippen molar-refractivity contribution < 1.29 is 14.4 Å². The van der Waals surface area contributed by atoms with Crippen LogP contribution in [0.15, 0.2) is 6.07 Å². The number of rotatable bonds is 7. The van der Waals surface area contributed by atoms with Crippen molar-refractivity contribution in [3.05, 3.63) is 17.5 Å². The Labute approximate surface area is 146 Å². The Morgan fingerprint density at radius 2 is 2.00 bits per heavy atom. The van der Waals surface area contributed by atoms with Crippen molar-refractivity contribution in [3.8, 4) is 0 Å². The summed E-state index contributed by atoms with van der Waals surface area (Å²) in [6.07, 6.45) is 4.17. The maximum absolute atomic E-state index is 12.1. The van der Waals surface area contributed by atoms with Crippen LogP contribution in [0, 0.1) is 24.7 Å².